The third-order valence-corrected chi connectivity index (χ3v) is 6.69. The van der Waals surface area contributed by atoms with Gasteiger partial charge >= 0.3 is 0 Å². The average Bonchev–Trinajstić information content (AvgIpc) is 3.35. The number of nitro benzene ring substituents is 1. The van der Waals surface area contributed by atoms with Crippen LogP contribution in [0.5, 0.6) is 0 Å². The summed E-state index contributed by atoms with van der Waals surface area (Å²) in [6.07, 6.45) is 2.32. The van der Waals surface area contributed by atoms with Crippen molar-refractivity contribution < 1.29 is 18.1 Å². The van der Waals surface area contributed by atoms with Crippen LogP contribution in [0.3, 0.4) is 0 Å². The third kappa shape index (κ3) is 5.29. The Morgan fingerprint density at radius 1 is 0.909 bits per heavy atom. The van der Waals surface area contributed by atoms with Gasteiger partial charge in [0.05, 0.1) is 9.82 Å². The summed E-state index contributed by atoms with van der Waals surface area (Å²) >= 11 is 0. The topological polar surface area (TPSA) is 122 Å². The van der Waals surface area contributed by atoms with E-state index >= 15 is 0 Å². The molecule has 0 unspecified atom stereocenters. The molecule has 0 radical (unpaired) electrons. The molecule has 1 aliphatic heterocycles. The standard InChI is InChI=1S/C23H22N4O5S/c28-23(24-19-5-3-6-20(15-19)26-13-1-2-14-26)17-9-11-18(12-10-17)25-33(31,32)22-8-4-7-21(16-22)27(29)30/h3-12,15-16,25H,1-2,13-14H2,(H,24,28). The zero-order valence-corrected chi connectivity index (χ0v) is 18.4. The van der Waals surface area contributed by atoms with E-state index in [1.54, 1.807) is 0 Å². The normalized spacial score (nSPS) is 13.5. The molecule has 170 valence electrons. The summed E-state index contributed by atoms with van der Waals surface area (Å²) in [4.78, 5) is 24.9. The molecule has 1 fully saturated rings. The van der Waals surface area contributed by atoms with E-state index in [-0.39, 0.29) is 22.2 Å². The summed E-state index contributed by atoms with van der Waals surface area (Å²) in [5.74, 6) is -0.318. The van der Waals surface area contributed by atoms with Crippen molar-refractivity contribution in [3.05, 3.63) is 88.5 Å². The highest BCUT2D eigenvalue weighted by atomic mass is 32.2. The number of nitrogens with one attached hydrogen (secondary N) is 2. The van der Waals surface area contributed by atoms with Gasteiger partial charge in [0.15, 0.2) is 0 Å². The lowest BCUT2D eigenvalue weighted by Gasteiger charge is -2.18. The number of rotatable bonds is 7. The maximum absolute atomic E-state index is 12.6. The fraction of sp³-hybridized carbons (Fsp3) is 0.174. The van der Waals surface area contributed by atoms with Crippen molar-refractivity contribution in [2.24, 2.45) is 0 Å². The molecule has 1 amide bonds. The zero-order valence-electron chi connectivity index (χ0n) is 17.6. The molecule has 0 spiro atoms. The van der Waals surface area contributed by atoms with Gasteiger partial charge in [0.2, 0.25) is 0 Å². The Balaban J connectivity index is 1.44. The Bertz CT molecular complexity index is 1290. The lowest BCUT2D eigenvalue weighted by atomic mass is 10.2. The van der Waals surface area contributed by atoms with E-state index in [0.29, 0.717) is 11.3 Å². The summed E-state index contributed by atoms with van der Waals surface area (Å²) < 4.78 is 27.5. The van der Waals surface area contributed by atoms with Crippen LogP contribution in [0.1, 0.15) is 23.2 Å². The molecular formula is C23H22N4O5S. The fourth-order valence-electron chi connectivity index (χ4n) is 3.63. The zero-order chi connectivity index (χ0) is 23.4. The molecule has 1 heterocycles. The molecule has 33 heavy (non-hydrogen) atoms. The number of sulfonamides is 1. The predicted octanol–water partition coefficient (Wildman–Crippen LogP) is 4.25. The van der Waals surface area contributed by atoms with Crippen molar-refractivity contribution in [1.82, 2.24) is 0 Å². The second-order valence-corrected chi connectivity index (χ2v) is 9.32. The third-order valence-electron chi connectivity index (χ3n) is 5.31. The quantitative estimate of drug-likeness (QED) is 0.397. The van der Waals surface area contributed by atoms with Crippen LogP contribution in [0.4, 0.5) is 22.7 Å². The van der Waals surface area contributed by atoms with Crippen molar-refractivity contribution in [2.75, 3.05) is 28.0 Å². The number of nitro groups is 1. The number of hydrogen-bond acceptors (Lipinski definition) is 6. The number of hydrogen-bond donors (Lipinski definition) is 2. The van der Waals surface area contributed by atoms with Crippen LogP contribution in [0.15, 0.2) is 77.7 Å². The van der Waals surface area contributed by atoms with Crippen LogP contribution < -0.4 is 14.9 Å². The number of non-ortho nitro benzene ring substituents is 1. The van der Waals surface area contributed by atoms with Crippen LogP contribution in [-0.4, -0.2) is 32.3 Å². The van der Waals surface area contributed by atoms with Gasteiger partial charge in [0, 0.05) is 47.8 Å². The second-order valence-electron chi connectivity index (χ2n) is 7.64. The van der Waals surface area contributed by atoms with Crippen molar-refractivity contribution >= 4 is 38.7 Å². The molecule has 1 saturated heterocycles. The molecule has 0 saturated carbocycles. The summed E-state index contributed by atoms with van der Waals surface area (Å²) in [6.45, 7) is 2.01. The first-order valence-electron chi connectivity index (χ1n) is 10.4. The fourth-order valence-corrected chi connectivity index (χ4v) is 4.72. The summed E-state index contributed by atoms with van der Waals surface area (Å²) in [6, 6.07) is 18.4. The van der Waals surface area contributed by atoms with E-state index in [1.165, 1.54) is 42.5 Å². The first-order valence-corrected chi connectivity index (χ1v) is 11.8. The van der Waals surface area contributed by atoms with Crippen LogP contribution in [-0.2, 0) is 10.0 Å². The summed E-state index contributed by atoms with van der Waals surface area (Å²) in [5, 5.41) is 13.8. The first-order chi connectivity index (χ1) is 15.8. The molecule has 2 N–H and O–H groups in total. The molecule has 4 rings (SSSR count). The van der Waals surface area contributed by atoms with Gasteiger partial charge in [0.1, 0.15) is 0 Å². The van der Waals surface area contributed by atoms with E-state index in [2.05, 4.69) is 14.9 Å². The van der Waals surface area contributed by atoms with E-state index in [4.69, 9.17) is 0 Å². The second kappa shape index (κ2) is 9.29. The van der Waals surface area contributed by atoms with Gasteiger partial charge in [-0.25, -0.2) is 8.42 Å². The monoisotopic (exact) mass is 466 g/mol. The van der Waals surface area contributed by atoms with Gasteiger partial charge < -0.3 is 10.2 Å². The molecule has 3 aromatic carbocycles. The van der Waals surface area contributed by atoms with Gasteiger partial charge in [-0.15, -0.1) is 0 Å². The van der Waals surface area contributed by atoms with Crippen LogP contribution in [0.2, 0.25) is 0 Å². The van der Waals surface area contributed by atoms with Crippen LogP contribution in [0.25, 0.3) is 0 Å². The van der Waals surface area contributed by atoms with Gasteiger partial charge in [-0.2, -0.15) is 0 Å². The highest BCUT2D eigenvalue weighted by Gasteiger charge is 2.18. The van der Waals surface area contributed by atoms with E-state index in [9.17, 15) is 23.3 Å². The minimum Gasteiger partial charge on any atom is -0.371 e. The number of amides is 1. The highest BCUT2D eigenvalue weighted by molar-refractivity contribution is 7.92. The number of carbonyl (C=O) groups excluding carboxylic acids is 1. The minimum absolute atomic E-state index is 0.226. The minimum atomic E-state index is -4.02. The van der Waals surface area contributed by atoms with E-state index in [1.807, 2.05) is 24.3 Å². The van der Waals surface area contributed by atoms with Crippen molar-refractivity contribution in [1.29, 1.82) is 0 Å². The van der Waals surface area contributed by atoms with Crippen molar-refractivity contribution in [3.8, 4) is 0 Å². The Hall–Kier alpha value is -3.92. The largest absolute Gasteiger partial charge is 0.371 e. The first kappa shape index (κ1) is 22.3. The predicted molar refractivity (Wildman–Crippen MR) is 126 cm³/mol. The maximum Gasteiger partial charge on any atom is 0.270 e. The van der Waals surface area contributed by atoms with Gasteiger partial charge in [-0.05, 0) is 61.4 Å². The van der Waals surface area contributed by atoms with Crippen LogP contribution in [0, 0.1) is 10.1 Å². The Kier molecular flexibility index (Phi) is 6.27. The molecule has 0 aromatic heterocycles. The number of anilines is 3. The molecule has 9 nitrogen and oxygen atoms in total. The molecule has 0 bridgehead atoms. The number of nitrogens with zero attached hydrogens (tertiary/aromatic N) is 2. The van der Waals surface area contributed by atoms with Gasteiger partial charge in [-0.3, -0.25) is 19.6 Å². The Labute approximate surface area is 191 Å². The summed E-state index contributed by atoms with van der Waals surface area (Å²) in [5.41, 5.74) is 2.02. The maximum atomic E-state index is 12.6. The number of carbonyl (C=O) groups is 1. The Morgan fingerprint density at radius 3 is 2.30 bits per heavy atom. The molecule has 3 aromatic rings. The molecule has 10 heteroatoms. The molecule has 1 aliphatic rings. The lowest BCUT2D eigenvalue weighted by Crippen LogP contribution is -2.18. The van der Waals surface area contributed by atoms with Gasteiger partial charge in [0.25, 0.3) is 21.6 Å². The number of benzene rings is 3. The van der Waals surface area contributed by atoms with Crippen LogP contribution >= 0.6 is 0 Å². The summed E-state index contributed by atoms with van der Waals surface area (Å²) in [7, 11) is -4.02. The highest BCUT2D eigenvalue weighted by Crippen LogP contribution is 2.24. The molecule has 0 aliphatic carbocycles. The van der Waals surface area contributed by atoms with E-state index in [0.717, 1.165) is 37.7 Å². The van der Waals surface area contributed by atoms with Gasteiger partial charge in [-0.1, -0.05) is 12.1 Å². The van der Waals surface area contributed by atoms with Crippen molar-refractivity contribution in [3.63, 3.8) is 0 Å². The molecule has 0 atom stereocenters. The SMILES string of the molecule is O=C(Nc1cccc(N2CCCC2)c1)c1ccc(NS(=O)(=O)c2cccc([N+](=O)[O-])c2)cc1. The lowest BCUT2D eigenvalue weighted by molar-refractivity contribution is -0.385. The van der Waals surface area contributed by atoms with E-state index < -0.39 is 14.9 Å². The average molecular weight is 467 g/mol. The Morgan fingerprint density at radius 2 is 1.61 bits per heavy atom. The smallest absolute Gasteiger partial charge is 0.270 e. The molecular weight excluding hydrogens is 444 g/mol. The van der Waals surface area contributed by atoms with Crippen molar-refractivity contribution in [2.45, 2.75) is 17.7 Å².